The Labute approximate surface area is 91.5 Å². The van der Waals surface area contributed by atoms with E-state index in [0.717, 1.165) is 10.2 Å². The molecule has 14 heavy (non-hydrogen) atoms. The molecule has 74 valence electrons. The number of hydrogen-bond donors (Lipinski definition) is 2. The molecule has 1 atom stereocenters. The smallest absolute Gasteiger partial charge is 0.0992 e. The van der Waals surface area contributed by atoms with Crippen LogP contribution in [0.3, 0.4) is 0 Å². The minimum Gasteiger partial charge on any atom is -0.394 e. The summed E-state index contributed by atoms with van der Waals surface area (Å²) in [5.41, 5.74) is 1.42. The summed E-state index contributed by atoms with van der Waals surface area (Å²) < 4.78 is 0.851. The van der Waals surface area contributed by atoms with Crippen LogP contribution in [0.2, 0.25) is 0 Å². The van der Waals surface area contributed by atoms with Gasteiger partial charge in [0.25, 0.3) is 0 Å². The third-order valence-electron chi connectivity index (χ3n) is 1.71. The highest BCUT2D eigenvalue weighted by Gasteiger charge is 2.02. The van der Waals surface area contributed by atoms with Crippen LogP contribution in [0.1, 0.15) is 12.5 Å². The summed E-state index contributed by atoms with van der Waals surface area (Å²) in [7, 11) is 0. The van der Waals surface area contributed by atoms with Gasteiger partial charge in [-0.2, -0.15) is 5.26 Å². The van der Waals surface area contributed by atoms with Crippen molar-refractivity contribution >= 4 is 21.6 Å². The Morgan fingerprint density at radius 2 is 2.29 bits per heavy atom. The maximum Gasteiger partial charge on any atom is 0.0992 e. The van der Waals surface area contributed by atoms with Gasteiger partial charge in [0, 0.05) is 16.2 Å². The van der Waals surface area contributed by atoms with E-state index in [9.17, 15) is 0 Å². The van der Waals surface area contributed by atoms with Crippen molar-refractivity contribution in [3.8, 4) is 6.07 Å². The second-order valence-electron chi connectivity index (χ2n) is 3.07. The van der Waals surface area contributed by atoms with Crippen molar-refractivity contribution in [3.63, 3.8) is 0 Å². The van der Waals surface area contributed by atoms with Crippen molar-refractivity contribution in [2.24, 2.45) is 0 Å². The lowest BCUT2D eigenvalue weighted by molar-refractivity contribution is 0.281. The summed E-state index contributed by atoms with van der Waals surface area (Å²) in [4.78, 5) is 0. The van der Waals surface area contributed by atoms with Gasteiger partial charge in [0.05, 0.1) is 18.2 Å². The predicted molar refractivity (Wildman–Crippen MR) is 59.0 cm³/mol. The molecule has 0 heterocycles. The van der Waals surface area contributed by atoms with E-state index < -0.39 is 0 Å². The van der Waals surface area contributed by atoms with Crippen LogP contribution < -0.4 is 5.32 Å². The van der Waals surface area contributed by atoms with Crippen molar-refractivity contribution in [3.05, 3.63) is 28.2 Å². The van der Waals surface area contributed by atoms with E-state index in [1.165, 1.54) is 0 Å². The van der Waals surface area contributed by atoms with Crippen molar-refractivity contribution in [1.82, 2.24) is 0 Å². The lowest BCUT2D eigenvalue weighted by Gasteiger charge is -2.12. The van der Waals surface area contributed by atoms with Crippen molar-refractivity contribution < 1.29 is 5.11 Å². The topological polar surface area (TPSA) is 56.0 Å². The third-order valence-corrected chi connectivity index (χ3v) is 2.17. The Bertz CT molecular complexity index is 360. The molecule has 0 amide bonds. The molecule has 0 aliphatic heterocycles. The molecule has 0 aliphatic rings. The fraction of sp³-hybridized carbons (Fsp3) is 0.300. The minimum atomic E-state index is -0.0177. The Morgan fingerprint density at radius 1 is 1.57 bits per heavy atom. The van der Waals surface area contributed by atoms with E-state index in [4.69, 9.17) is 10.4 Å². The molecule has 0 saturated heterocycles. The second kappa shape index (κ2) is 4.99. The van der Waals surface area contributed by atoms with E-state index in [-0.39, 0.29) is 12.6 Å². The highest BCUT2D eigenvalue weighted by atomic mass is 79.9. The van der Waals surface area contributed by atoms with Crippen LogP contribution in [0.15, 0.2) is 22.7 Å². The number of nitrogens with one attached hydrogen (secondary N) is 1. The predicted octanol–water partition coefficient (Wildman–Crippen LogP) is 2.11. The van der Waals surface area contributed by atoms with Gasteiger partial charge in [-0.1, -0.05) is 15.9 Å². The van der Waals surface area contributed by atoms with Crippen LogP contribution in [-0.2, 0) is 0 Å². The van der Waals surface area contributed by atoms with Gasteiger partial charge in [-0.25, -0.2) is 0 Å². The lowest BCUT2D eigenvalue weighted by atomic mass is 10.2. The van der Waals surface area contributed by atoms with Crippen LogP contribution in [0.4, 0.5) is 5.69 Å². The fourth-order valence-electron chi connectivity index (χ4n) is 1.07. The first kappa shape index (κ1) is 11.0. The number of aliphatic hydroxyl groups excluding tert-OH is 1. The maximum absolute atomic E-state index is 8.85. The van der Waals surface area contributed by atoms with Crippen LogP contribution >= 0.6 is 15.9 Å². The molecule has 0 bridgehead atoms. The molecule has 0 radical (unpaired) electrons. The van der Waals surface area contributed by atoms with Crippen LogP contribution in [0.25, 0.3) is 0 Å². The number of hydrogen-bond acceptors (Lipinski definition) is 3. The first-order chi connectivity index (χ1) is 6.65. The lowest BCUT2D eigenvalue weighted by Crippen LogP contribution is -2.19. The number of nitrogens with zero attached hydrogens (tertiary/aromatic N) is 1. The summed E-state index contributed by atoms with van der Waals surface area (Å²) in [5, 5.41) is 20.7. The van der Waals surface area contributed by atoms with E-state index in [1.54, 1.807) is 12.1 Å². The van der Waals surface area contributed by atoms with Crippen molar-refractivity contribution in [1.29, 1.82) is 5.26 Å². The van der Waals surface area contributed by atoms with Crippen molar-refractivity contribution in [2.45, 2.75) is 13.0 Å². The monoisotopic (exact) mass is 254 g/mol. The Hall–Kier alpha value is -1.05. The van der Waals surface area contributed by atoms with E-state index >= 15 is 0 Å². The largest absolute Gasteiger partial charge is 0.394 e. The SMILES string of the molecule is CC(CO)Nc1cc(Br)cc(C#N)c1. The van der Waals surface area contributed by atoms with Gasteiger partial charge in [0.2, 0.25) is 0 Å². The summed E-state index contributed by atoms with van der Waals surface area (Å²) in [6.45, 7) is 1.93. The number of aliphatic hydroxyl groups is 1. The van der Waals surface area contributed by atoms with E-state index in [0.29, 0.717) is 5.56 Å². The number of rotatable bonds is 3. The number of benzene rings is 1. The molecule has 2 N–H and O–H groups in total. The molecular weight excluding hydrogens is 244 g/mol. The summed E-state index contributed by atoms with van der Waals surface area (Å²) >= 11 is 3.31. The standard InChI is InChI=1S/C10H11BrN2O/c1-7(6-14)13-10-3-8(5-12)2-9(11)4-10/h2-4,7,13-14H,6H2,1H3. The minimum absolute atomic E-state index is 0.0177. The van der Waals surface area contributed by atoms with Gasteiger partial charge < -0.3 is 10.4 Å². The molecule has 1 unspecified atom stereocenters. The fourth-order valence-corrected chi connectivity index (χ4v) is 1.56. The summed E-state index contributed by atoms with van der Waals surface area (Å²) in [5.74, 6) is 0. The number of nitriles is 1. The number of anilines is 1. The molecule has 0 aromatic heterocycles. The molecule has 0 spiro atoms. The quantitative estimate of drug-likeness (QED) is 0.869. The zero-order chi connectivity index (χ0) is 10.6. The van der Waals surface area contributed by atoms with Gasteiger partial charge in [0.15, 0.2) is 0 Å². The maximum atomic E-state index is 8.85. The highest BCUT2D eigenvalue weighted by Crippen LogP contribution is 2.19. The van der Waals surface area contributed by atoms with E-state index in [1.807, 2.05) is 13.0 Å². The molecule has 1 aromatic carbocycles. The average Bonchev–Trinajstić information content (AvgIpc) is 2.16. The Morgan fingerprint density at radius 3 is 2.86 bits per heavy atom. The van der Waals surface area contributed by atoms with Gasteiger partial charge >= 0.3 is 0 Å². The average molecular weight is 255 g/mol. The van der Waals surface area contributed by atoms with Crippen LogP contribution in [0.5, 0.6) is 0 Å². The van der Waals surface area contributed by atoms with Gasteiger partial charge in [-0.05, 0) is 25.1 Å². The van der Waals surface area contributed by atoms with Gasteiger partial charge in [-0.3, -0.25) is 0 Å². The molecule has 1 aromatic rings. The molecule has 1 rings (SSSR count). The van der Waals surface area contributed by atoms with E-state index in [2.05, 4.69) is 27.3 Å². The Kier molecular flexibility index (Phi) is 3.93. The molecule has 3 nitrogen and oxygen atoms in total. The molecule has 0 saturated carbocycles. The first-order valence-corrected chi connectivity index (χ1v) is 5.03. The summed E-state index contributed by atoms with van der Waals surface area (Å²) in [6, 6.07) is 7.41. The highest BCUT2D eigenvalue weighted by molar-refractivity contribution is 9.10. The first-order valence-electron chi connectivity index (χ1n) is 4.24. The normalized spacial score (nSPS) is 11.9. The molecule has 0 fully saturated rings. The van der Waals surface area contributed by atoms with Gasteiger partial charge in [0.1, 0.15) is 0 Å². The van der Waals surface area contributed by atoms with Crippen LogP contribution in [0, 0.1) is 11.3 Å². The van der Waals surface area contributed by atoms with Crippen molar-refractivity contribution in [2.75, 3.05) is 11.9 Å². The molecular formula is C10H11BrN2O. The molecule has 0 aliphatic carbocycles. The molecule has 4 heteroatoms. The summed E-state index contributed by atoms with van der Waals surface area (Å²) in [6.07, 6.45) is 0. The Balaban J connectivity index is 2.88. The van der Waals surface area contributed by atoms with Crippen LogP contribution in [-0.4, -0.2) is 17.8 Å². The number of halogens is 1. The second-order valence-corrected chi connectivity index (χ2v) is 3.98. The van der Waals surface area contributed by atoms with Gasteiger partial charge in [-0.15, -0.1) is 0 Å². The third kappa shape index (κ3) is 3.02. The zero-order valence-corrected chi connectivity index (χ0v) is 9.37. The zero-order valence-electron chi connectivity index (χ0n) is 7.79.